The molecule has 1 aliphatic carbocycles. The molecule has 1 fully saturated rings. The zero-order valence-electron chi connectivity index (χ0n) is 11.5. The normalized spacial score (nSPS) is 17.1. The van der Waals surface area contributed by atoms with Crippen molar-refractivity contribution < 1.29 is 0 Å². The van der Waals surface area contributed by atoms with Gasteiger partial charge in [0, 0.05) is 19.1 Å². The maximum Gasteiger partial charge on any atom is 0.144 e. The fourth-order valence-electron chi connectivity index (χ4n) is 2.62. The first-order valence-electron chi connectivity index (χ1n) is 7.04. The second kappa shape index (κ2) is 6.69. The van der Waals surface area contributed by atoms with E-state index in [0.29, 0.717) is 0 Å². The molecule has 0 amide bonds. The van der Waals surface area contributed by atoms with Crippen LogP contribution in [0.3, 0.4) is 0 Å². The molecule has 0 spiro atoms. The van der Waals surface area contributed by atoms with Crippen LogP contribution in [0.1, 0.15) is 44.7 Å². The molecule has 18 heavy (non-hydrogen) atoms. The van der Waals surface area contributed by atoms with Crippen LogP contribution in [0.4, 0.5) is 5.82 Å². The molecule has 4 nitrogen and oxygen atoms in total. The van der Waals surface area contributed by atoms with E-state index in [1.54, 1.807) is 0 Å². The first-order chi connectivity index (χ1) is 8.79. The largest absolute Gasteiger partial charge is 0.369 e. The summed E-state index contributed by atoms with van der Waals surface area (Å²) in [6.45, 7) is 3.85. The summed E-state index contributed by atoms with van der Waals surface area (Å²) in [6.07, 6.45) is 10.5. The summed E-state index contributed by atoms with van der Waals surface area (Å²) in [6, 6.07) is 0.731. The third-order valence-electron chi connectivity index (χ3n) is 3.67. The van der Waals surface area contributed by atoms with Gasteiger partial charge in [-0.05, 0) is 26.8 Å². The summed E-state index contributed by atoms with van der Waals surface area (Å²) in [5, 5.41) is 3.16. The fraction of sp³-hybridized carbons (Fsp3) is 0.714. The van der Waals surface area contributed by atoms with Crippen molar-refractivity contribution in [3.63, 3.8) is 0 Å². The smallest absolute Gasteiger partial charge is 0.144 e. The number of aromatic nitrogens is 2. The minimum Gasteiger partial charge on any atom is -0.369 e. The Morgan fingerprint density at radius 3 is 2.61 bits per heavy atom. The molecule has 0 radical (unpaired) electrons. The summed E-state index contributed by atoms with van der Waals surface area (Å²) >= 11 is 0. The highest BCUT2D eigenvalue weighted by molar-refractivity contribution is 5.30. The summed E-state index contributed by atoms with van der Waals surface area (Å²) in [5.74, 6) is 0.863. The van der Waals surface area contributed by atoms with Crippen LogP contribution in [0, 0.1) is 0 Å². The lowest BCUT2D eigenvalue weighted by atomic mass is 9.94. The summed E-state index contributed by atoms with van der Waals surface area (Å²) in [7, 11) is 2.20. The monoisotopic (exact) mass is 248 g/mol. The van der Waals surface area contributed by atoms with Crippen molar-refractivity contribution in [2.24, 2.45) is 0 Å². The molecule has 1 saturated carbocycles. The Bertz CT molecular complexity index is 343. The highest BCUT2D eigenvalue weighted by Crippen LogP contribution is 2.22. The molecule has 1 aromatic heterocycles. The number of anilines is 1. The Hall–Kier alpha value is -1.16. The van der Waals surface area contributed by atoms with Gasteiger partial charge in [0.15, 0.2) is 0 Å². The summed E-state index contributed by atoms with van der Waals surface area (Å²) in [4.78, 5) is 11.3. The number of rotatable bonds is 5. The van der Waals surface area contributed by atoms with E-state index in [0.717, 1.165) is 30.6 Å². The van der Waals surface area contributed by atoms with Crippen LogP contribution in [-0.2, 0) is 6.54 Å². The average molecular weight is 248 g/mol. The molecule has 100 valence electrons. The maximum atomic E-state index is 4.47. The fourth-order valence-corrected chi connectivity index (χ4v) is 2.62. The van der Waals surface area contributed by atoms with Crippen molar-refractivity contribution in [3.8, 4) is 0 Å². The SMILES string of the molecule is CCNc1cnc(CN(C)C2CCCCC2)cn1. The van der Waals surface area contributed by atoms with Crippen molar-refractivity contribution in [2.75, 3.05) is 18.9 Å². The first-order valence-corrected chi connectivity index (χ1v) is 7.04. The van der Waals surface area contributed by atoms with Crippen molar-refractivity contribution in [3.05, 3.63) is 18.1 Å². The molecule has 1 N–H and O–H groups in total. The van der Waals surface area contributed by atoms with Gasteiger partial charge < -0.3 is 5.32 Å². The predicted octanol–water partition coefficient (Wildman–Crippen LogP) is 2.67. The quantitative estimate of drug-likeness (QED) is 0.870. The third-order valence-corrected chi connectivity index (χ3v) is 3.67. The number of hydrogen-bond donors (Lipinski definition) is 1. The van der Waals surface area contributed by atoms with Crippen LogP contribution < -0.4 is 5.32 Å². The molecule has 0 aliphatic heterocycles. The van der Waals surface area contributed by atoms with Gasteiger partial charge in [-0.25, -0.2) is 4.98 Å². The van der Waals surface area contributed by atoms with Crippen LogP contribution in [0.15, 0.2) is 12.4 Å². The second-order valence-electron chi connectivity index (χ2n) is 5.13. The number of nitrogens with zero attached hydrogens (tertiary/aromatic N) is 3. The van der Waals surface area contributed by atoms with Gasteiger partial charge in [0.05, 0.1) is 18.1 Å². The molecular formula is C14H24N4. The standard InChI is InChI=1S/C14H24N4/c1-3-15-14-10-16-12(9-17-14)11-18(2)13-7-5-4-6-8-13/h9-10,13H,3-8,11H2,1-2H3,(H,15,17). The van der Waals surface area contributed by atoms with Gasteiger partial charge in [-0.1, -0.05) is 19.3 Å². The van der Waals surface area contributed by atoms with E-state index in [4.69, 9.17) is 0 Å². The lowest BCUT2D eigenvalue weighted by Gasteiger charge is -2.30. The van der Waals surface area contributed by atoms with Gasteiger partial charge in [0.25, 0.3) is 0 Å². The van der Waals surface area contributed by atoms with Gasteiger partial charge in [0.2, 0.25) is 0 Å². The molecule has 0 saturated heterocycles. The van der Waals surface area contributed by atoms with Gasteiger partial charge in [-0.3, -0.25) is 9.88 Å². The van der Waals surface area contributed by atoms with Crippen molar-refractivity contribution in [1.82, 2.24) is 14.9 Å². The molecule has 1 aliphatic rings. The molecule has 1 heterocycles. The van der Waals surface area contributed by atoms with E-state index in [2.05, 4.69) is 34.2 Å². The minimum absolute atomic E-state index is 0.731. The Labute approximate surface area is 110 Å². The van der Waals surface area contributed by atoms with Crippen LogP contribution >= 0.6 is 0 Å². The van der Waals surface area contributed by atoms with E-state index in [1.807, 2.05) is 12.4 Å². The Kier molecular flexibility index (Phi) is 4.93. The second-order valence-corrected chi connectivity index (χ2v) is 5.13. The van der Waals surface area contributed by atoms with Crippen molar-refractivity contribution in [2.45, 2.75) is 51.6 Å². The Morgan fingerprint density at radius 1 is 1.22 bits per heavy atom. The highest BCUT2D eigenvalue weighted by Gasteiger charge is 2.18. The predicted molar refractivity (Wildman–Crippen MR) is 74.5 cm³/mol. The average Bonchev–Trinajstić information content (AvgIpc) is 2.42. The number of hydrogen-bond acceptors (Lipinski definition) is 4. The van der Waals surface area contributed by atoms with Crippen molar-refractivity contribution in [1.29, 1.82) is 0 Å². The van der Waals surface area contributed by atoms with Crippen molar-refractivity contribution >= 4 is 5.82 Å². The molecule has 0 aromatic carbocycles. The number of nitrogens with one attached hydrogen (secondary N) is 1. The summed E-state index contributed by atoms with van der Waals surface area (Å²) < 4.78 is 0. The molecule has 4 heteroatoms. The highest BCUT2D eigenvalue weighted by atomic mass is 15.1. The minimum atomic E-state index is 0.731. The van der Waals surface area contributed by atoms with E-state index in [-0.39, 0.29) is 0 Å². The molecule has 0 atom stereocenters. The van der Waals surface area contributed by atoms with E-state index in [1.165, 1.54) is 32.1 Å². The topological polar surface area (TPSA) is 41.1 Å². The van der Waals surface area contributed by atoms with E-state index < -0.39 is 0 Å². The Balaban J connectivity index is 1.87. The van der Waals surface area contributed by atoms with Gasteiger partial charge >= 0.3 is 0 Å². The van der Waals surface area contributed by atoms with E-state index in [9.17, 15) is 0 Å². The zero-order valence-corrected chi connectivity index (χ0v) is 11.5. The van der Waals surface area contributed by atoms with E-state index >= 15 is 0 Å². The van der Waals surface area contributed by atoms with Crippen LogP contribution in [0.5, 0.6) is 0 Å². The van der Waals surface area contributed by atoms with Crippen LogP contribution in [0.25, 0.3) is 0 Å². The van der Waals surface area contributed by atoms with Gasteiger partial charge in [-0.2, -0.15) is 0 Å². The molecule has 0 unspecified atom stereocenters. The Morgan fingerprint density at radius 2 is 2.00 bits per heavy atom. The zero-order chi connectivity index (χ0) is 12.8. The first kappa shape index (κ1) is 13.3. The molecule has 0 bridgehead atoms. The maximum absolute atomic E-state index is 4.47. The lowest BCUT2D eigenvalue weighted by Crippen LogP contribution is -2.33. The summed E-state index contributed by atoms with van der Waals surface area (Å²) in [5.41, 5.74) is 1.06. The third kappa shape index (κ3) is 3.67. The van der Waals surface area contributed by atoms with Gasteiger partial charge in [-0.15, -0.1) is 0 Å². The molecular weight excluding hydrogens is 224 g/mol. The molecule has 1 aromatic rings. The van der Waals surface area contributed by atoms with Crippen LogP contribution in [-0.4, -0.2) is 34.5 Å². The van der Waals surface area contributed by atoms with Gasteiger partial charge in [0.1, 0.15) is 5.82 Å². The molecule has 2 rings (SSSR count). The lowest BCUT2D eigenvalue weighted by molar-refractivity contribution is 0.182. The van der Waals surface area contributed by atoms with Crippen LogP contribution in [0.2, 0.25) is 0 Å².